The summed E-state index contributed by atoms with van der Waals surface area (Å²) in [7, 11) is 1.63. The van der Waals surface area contributed by atoms with Crippen molar-refractivity contribution < 1.29 is 32.9 Å². The van der Waals surface area contributed by atoms with Crippen LogP contribution in [0.15, 0.2) is 0 Å². The van der Waals surface area contributed by atoms with Crippen molar-refractivity contribution in [1.29, 1.82) is 0 Å². The van der Waals surface area contributed by atoms with Crippen molar-refractivity contribution in [2.45, 2.75) is 360 Å². The van der Waals surface area contributed by atoms with Gasteiger partial charge in [-0.05, 0) is 12.8 Å². The second-order valence-electron chi connectivity index (χ2n) is 23.9. The van der Waals surface area contributed by atoms with Gasteiger partial charge in [-0.3, -0.25) is 13.8 Å². The second-order valence-corrected chi connectivity index (χ2v) is 25.3. The normalized spacial score (nSPS) is 13.7. The molecule has 72 heavy (non-hydrogen) atoms. The van der Waals surface area contributed by atoms with Gasteiger partial charge in [0.1, 0.15) is 13.2 Å². The Labute approximate surface area is 450 Å². The number of amides is 1. The molecule has 0 spiro atoms. The highest BCUT2D eigenvalue weighted by Gasteiger charge is 2.28. The highest BCUT2D eigenvalue weighted by molar-refractivity contribution is 7.47. The third-order valence-corrected chi connectivity index (χ3v) is 16.3. The third kappa shape index (κ3) is 57.2. The third-order valence-electron chi connectivity index (χ3n) is 15.4. The average Bonchev–Trinajstić information content (AvgIpc) is 3.34. The molecule has 0 aliphatic heterocycles. The van der Waals surface area contributed by atoms with E-state index >= 15 is 0 Å². The Balaban J connectivity index is 3.72. The van der Waals surface area contributed by atoms with Crippen LogP contribution in [0, 0.1) is 0 Å². The summed E-state index contributed by atoms with van der Waals surface area (Å²) in [5.41, 5.74) is 0. The Hall–Kier alpha value is -0.500. The van der Waals surface area contributed by atoms with Gasteiger partial charge in [0.05, 0.1) is 39.9 Å². The zero-order chi connectivity index (χ0) is 52.7. The number of phosphoric acid groups is 1. The van der Waals surface area contributed by atoms with Crippen LogP contribution in [0.3, 0.4) is 0 Å². The summed E-state index contributed by atoms with van der Waals surface area (Å²) in [6, 6.07) is -0.754. The van der Waals surface area contributed by atoms with Crippen LogP contribution in [-0.2, 0) is 18.4 Å². The zero-order valence-corrected chi connectivity index (χ0v) is 50.4. The van der Waals surface area contributed by atoms with E-state index in [9.17, 15) is 19.4 Å². The lowest BCUT2D eigenvalue weighted by Crippen LogP contribution is -2.46. The van der Waals surface area contributed by atoms with E-state index in [2.05, 4.69) is 19.2 Å². The van der Waals surface area contributed by atoms with Gasteiger partial charge in [0.25, 0.3) is 0 Å². The number of nitrogens with one attached hydrogen (secondary N) is 1. The Morgan fingerprint density at radius 2 is 0.667 bits per heavy atom. The zero-order valence-electron chi connectivity index (χ0n) is 49.5. The number of unbranched alkanes of at least 4 members (excludes halogenated alkanes) is 48. The lowest BCUT2D eigenvalue weighted by Gasteiger charge is -2.26. The minimum Gasteiger partial charge on any atom is -0.391 e. The van der Waals surface area contributed by atoms with Crippen molar-refractivity contribution in [2.24, 2.45) is 0 Å². The molecule has 0 saturated carbocycles. The van der Waals surface area contributed by atoms with Gasteiger partial charge in [0.15, 0.2) is 0 Å². The Kier molecular flexibility index (Phi) is 54.9. The molecule has 1 amide bonds. The first-order valence-electron chi connectivity index (χ1n) is 32.4. The topological polar surface area (TPSA) is 105 Å². The maximum Gasteiger partial charge on any atom is 0.472 e. The lowest BCUT2D eigenvalue weighted by atomic mass is 10.0. The van der Waals surface area contributed by atoms with Gasteiger partial charge in [-0.15, -0.1) is 0 Å². The van der Waals surface area contributed by atoms with E-state index in [-0.39, 0.29) is 19.1 Å². The van der Waals surface area contributed by atoms with E-state index in [1.165, 1.54) is 283 Å². The second kappa shape index (κ2) is 55.3. The number of aliphatic hydroxyl groups excluding tert-OH is 1. The largest absolute Gasteiger partial charge is 0.472 e. The number of hydrogen-bond acceptors (Lipinski definition) is 5. The molecule has 0 rings (SSSR count). The molecule has 0 aromatic heterocycles. The number of likely N-dealkylation sites (N-methyl/N-ethyl adjacent to an activating group) is 1. The average molecular weight is 1040 g/mol. The molecule has 0 aliphatic carbocycles. The molecule has 0 aromatic carbocycles. The first-order valence-corrected chi connectivity index (χ1v) is 33.9. The SMILES string of the molecule is CCCCCCCCCCCCCCCCCCCCCCCCCCCCCCCCCCCCCCCCCCC(=O)NC(COP(=O)(O)OCC[N+](C)(C)C)C(O)CCCCCCCCCCCC. The van der Waals surface area contributed by atoms with Gasteiger partial charge in [-0.25, -0.2) is 4.57 Å². The molecule has 0 heterocycles. The molecule has 0 saturated heterocycles. The fourth-order valence-electron chi connectivity index (χ4n) is 10.3. The van der Waals surface area contributed by atoms with Gasteiger partial charge in [-0.2, -0.15) is 0 Å². The van der Waals surface area contributed by atoms with Crippen LogP contribution in [0.5, 0.6) is 0 Å². The maximum atomic E-state index is 13.0. The molecule has 0 aliphatic rings. The van der Waals surface area contributed by atoms with Crippen molar-refractivity contribution in [2.75, 3.05) is 40.9 Å². The number of aliphatic hydroxyl groups is 1. The van der Waals surface area contributed by atoms with Crippen LogP contribution in [0.1, 0.15) is 348 Å². The Morgan fingerprint density at radius 1 is 0.417 bits per heavy atom. The molecule has 0 bridgehead atoms. The van der Waals surface area contributed by atoms with Crippen molar-refractivity contribution in [3.8, 4) is 0 Å². The van der Waals surface area contributed by atoms with Crippen LogP contribution in [0.4, 0.5) is 0 Å². The van der Waals surface area contributed by atoms with Gasteiger partial charge in [0.2, 0.25) is 5.91 Å². The fourth-order valence-corrected chi connectivity index (χ4v) is 11.0. The van der Waals surface area contributed by atoms with Gasteiger partial charge in [0, 0.05) is 6.42 Å². The minimum absolute atomic E-state index is 0.0786. The molecule has 8 nitrogen and oxygen atoms in total. The molecule has 3 atom stereocenters. The van der Waals surface area contributed by atoms with Crippen LogP contribution >= 0.6 is 7.82 Å². The summed E-state index contributed by atoms with van der Waals surface area (Å²) < 4.78 is 23.7. The highest BCUT2D eigenvalue weighted by atomic mass is 31.2. The molecule has 432 valence electrons. The number of carbonyl (C=O) groups excluding carboxylic acids is 1. The van der Waals surface area contributed by atoms with Gasteiger partial charge < -0.3 is 19.8 Å². The van der Waals surface area contributed by atoms with Crippen LogP contribution in [-0.4, -0.2) is 73.4 Å². The minimum atomic E-state index is -4.31. The smallest absolute Gasteiger partial charge is 0.391 e. The molecule has 0 radical (unpaired) electrons. The molecule has 3 N–H and O–H groups in total. The molecular weight excluding hydrogens is 912 g/mol. The number of quaternary nitrogens is 1. The maximum absolute atomic E-state index is 13.0. The monoisotopic (exact) mass is 1040 g/mol. The Morgan fingerprint density at radius 3 is 0.931 bits per heavy atom. The first kappa shape index (κ1) is 71.5. The van der Waals surface area contributed by atoms with Crippen LogP contribution in [0.25, 0.3) is 0 Å². The van der Waals surface area contributed by atoms with E-state index in [0.717, 1.165) is 38.5 Å². The standard InChI is InChI=1S/C63H129N2O6P/c1-6-8-10-12-14-16-18-19-20-21-22-23-24-25-26-27-28-29-30-31-32-33-34-35-36-37-38-39-40-41-42-43-44-45-46-47-49-51-53-55-57-63(67)64-61(60-71-72(68,69)70-59-58-65(3,4)5)62(66)56-54-52-50-48-17-15-13-11-9-7-2/h61-62,66H,6-60H2,1-5H3,(H-,64,67,68,69)/p+1. The predicted octanol–water partition coefficient (Wildman–Crippen LogP) is 20.0. The first-order chi connectivity index (χ1) is 35.0. The van der Waals surface area contributed by atoms with Crippen LogP contribution in [0.2, 0.25) is 0 Å². The van der Waals surface area contributed by atoms with Crippen molar-refractivity contribution in [3.05, 3.63) is 0 Å². The number of nitrogens with zero attached hydrogens (tertiary/aromatic N) is 1. The summed E-state index contributed by atoms with van der Waals surface area (Å²) in [6.07, 6.45) is 68.0. The molecule has 0 aromatic rings. The number of hydrogen-bond donors (Lipinski definition) is 3. The molecule has 3 unspecified atom stereocenters. The van der Waals surface area contributed by atoms with Crippen molar-refractivity contribution in [1.82, 2.24) is 5.32 Å². The van der Waals surface area contributed by atoms with Gasteiger partial charge in [-0.1, -0.05) is 328 Å². The summed E-state index contributed by atoms with van der Waals surface area (Å²) in [6.45, 7) is 4.92. The fraction of sp³-hybridized carbons (Fsp3) is 0.984. The number of carbonyl (C=O) groups is 1. The summed E-state index contributed by atoms with van der Waals surface area (Å²) in [5, 5.41) is 14.0. The highest BCUT2D eigenvalue weighted by Crippen LogP contribution is 2.43. The van der Waals surface area contributed by atoms with Crippen molar-refractivity contribution >= 4 is 13.7 Å². The molecule has 9 heteroatoms. The van der Waals surface area contributed by atoms with E-state index in [1.807, 2.05) is 21.1 Å². The molecule has 0 fully saturated rings. The van der Waals surface area contributed by atoms with E-state index in [4.69, 9.17) is 9.05 Å². The lowest BCUT2D eigenvalue weighted by molar-refractivity contribution is -0.870. The summed E-state index contributed by atoms with van der Waals surface area (Å²) in [4.78, 5) is 23.3. The number of rotatable bonds is 61. The molecular formula is C63H130N2O6P+. The summed E-state index contributed by atoms with van der Waals surface area (Å²) >= 11 is 0. The summed E-state index contributed by atoms with van der Waals surface area (Å²) in [5.74, 6) is -0.138. The van der Waals surface area contributed by atoms with E-state index in [1.54, 1.807) is 0 Å². The quantitative estimate of drug-likeness (QED) is 0.0318. The van der Waals surface area contributed by atoms with E-state index in [0.29, 0.717) is 23.9 Å². The number of phosphoric ester groups is 1. The van der Waals surface area contributed by atoms with E-state index < -0.39 is 20.0 Å². The Bertz CT molecular complexity index is 1140. The van der Waals surface area contributed by atoms with Crippen molar-refractivity contribution in [3.63, 3.8) is 0 Å². The van der Waals surface area contributed by atoms with Crippen LogP contribution < -0.4 is 5.32 Å². The predicted molar refractivity (Wildman–Crippen MR) is 314 cm³/mol. The van der Waals surface area contributed by atoms with Gasteiger partial charge >= 0.3 is 7.82 Å².